The SMILES string of the molecule is CC(C)N(C(=O)c1cc(F)ccc1Oc1nnc(Cl)nc1N1CC2(CC(Oc3ccnc4c3CN(C(=O)OC(C)(C)C)CC4)C2)C1)C1CC(F)(F)C1. The molecule has 0 atom stereocenters. The average Bonchev–Trinajstić information content (AvgIpc) is 3.01. The molecule has 16 heteroatoms. The molecule has 0 radical (unpaired) electrons. The van der Waals surface area contributed by atoms with Crippen molar-refractivity contribution in [1.29, 1.82) is 0 Å². The van der Waals surface area contributed by atoms with E-state index in [9.17, 15) is 22.8 Å². The highest BCUT2D eigenvalue weighted by molar-refractivity contribution is 6.28. The molecule has 2 saturated carbocycles. The van der Waals surface area contributed by atoms with Gasteiger partial charge >= 0.3 is 6.09 Å². The number of fused-ring (bicyclic) bond motifs is 1. The second-order valence-corrected chi connectivity index (χ2v) is 15.9. The van der Waals surface area contributed by atoms with Crippen LogP contribution in [0.25, 0.3) is 0 Å². The first-order valence-corrected chi connectivity index (χ1v) is 17.8. The summed E-state index contributed by atoms with van der Waals surface area (Å²) in [4.78, 5) is 40.4. The molecule has 0 unspecified atom stereocenters. The van der Waals surface area contributed by atoms with E-state index in [1.165, 1.54) is 11.0 Å². The molecule has 0 bridgehead atoms. The number of amides is 2. The van der Waals surface area contributed by atoms with Gasteiger partial charge in [-0.1, -0.05) is 0 Å². The van der Waals surface area contributed by atoms with E-state index in [1.807, 2.05) is 31.7 Å². The van der Waals surface area contributed by atoms with Gasteiger partial charge in [0.25, 0.3) is 17.7 Å². The van der Waals surface area contributed by atoms with Crippen molar-refractivity contribution in [2.45, 2.75) is 103 Å². The van der Waals surface area contributed by atoms with Gasteiger partial charge in [0.2, 0.25) is 5.28 Å². The lowest BCUT2D eigenvalue weighted by Crippen LogP contribution is -2.65. The number of nitrogens with zero attached hydrogens (tertiary/aromatic N) is 7. The smallest absolute Gasteiger partial charge is 0.410 e. The molecule has 2 aliphatic heterocycles. The summed E-state index contributed by atoms with van der Waals surface area (Å²) in [6.07, 6.45) is 2.57. The third-order valence-electron chi connectivity index (χ3n) is 9.93. The predicted molar refractivity (Wildman–Crippen MR) is 183 cm³/mol. The second kappa shape index (κ2) is 13.2. The minimum atomic E-state index is -2.84. The molecule has 2 aliphatic carbocycles. The van der Waals surface area contributed by atoms with E-state index >= 15 is 0 Å². The Morgan fingerprint density at radius 3 is 2.46 bits per heavy atom. The van der Waals surface area contributed by atoms with E-state index in [0.717, 1.165) is 36.2 Å². The Balaban J connectivity index is 1.01. The maximum Gasteiger partial charge on any atom is 0.410 e. The first-order valence-electron chi connectivity index (χ1n) is 17.4. The zero-order valence-corrected chi connectivity index (χ0v) is 30.4. The molecule has 4 aliphatic rings. The Morgan fingerprint density at radius 1 is 1.06 bits per heavy atom. The fraction of sp³-hybridized carbons (Fsp3) is 0.556. The van der Waals surface area contributed by atoms with Crippen LogP contribution in [0.4, 0.5) is 23.8 Å². The number of carbonyl (C=O) groups is 2. The highest BCUT2D eigenvalue weighted by atomic mass is 35.5. The molecule has 3 aromatic rings. The lowest BCUT2D eigenvalue weighted by molar-refractivity contribution is -0.120. The van der Waals surface area contributed by atoms with Crippen LogP contribution in [0.5, 0.6) is 17.4 Å². The molecule has 278 valence electrons. The summed E-state index contributed by atoms with van der Waals surface area (Å²) in [5, 5.41) is 7.84. The number of hydrogen-bond acceptors (Lipinski definition) is 10. The average molecular weight is 744 g/mol. The molecule has 3 fully saturated rings. The maximum atomic E-state index is 14.5. The fourth-order valence-corrected chi connectivity index (χ4v) is 7.67. The lowest BCUT2D eigenvalue weighted by atomic mass is 9.61. The molecular formula is C36H41ClF3N7O5. The molecule has 1 aromatic carbocycles. The van der Waals surface area contributed by atoms with Crippen LogP contribution in [0.1, 0.15) is 81.9 Å². The number of carbonyl (C=O) groups excluding carboxylic acids is 2. The molecule has 2 amide bonds. The van der Waals surface area contributed by atoms with E-state index in [0.29, 0.717) is 44.2 Å². The zero-order valence-electron chi connectivity index (χ0n) is 29.7. The lowest BCUT2D eigenvalue weighted by Gasteiger charge is -2.58. The van der Waals surface area contributed by atoms with Crippen LogP contribution in [0.15, 0.2) is 30.5 Å². The fourth-order valence-electron chi connectivity index (χ4n) is 7.56. The van der Waals surface area contributed by atoms with Crippen molar-refractivity contribution in [3.63, 3.8) is 0 Å². The minimum absolute atomic E-state index is 0.0129. The zero-order chi connectivity index (χ0) is 37.2. The topological polar surface area (TPSA) is 123 Å². The van der Waals surface area contributed by atoms with Crippen molar-refractivity contribution in [1.82, 2.24) is 30.0 Å². The summed E-state index contributed by atoms with van der Waals surface area (Å²) in [6, 6.07) is 4.20. The standard InChI is InChI=1S/C36H41ClF3N7O5/c1-20(2)47(22-13-36(39,40)14-22)31(48)24-12-21(38)6-7-27(24)51-30-29(42-32(37)44-43-30)46-18-35(19-46)15-23(16-35)50-28-8-10-41-26-9-11-45(17-25(26)28)33(49)52-34(3,4)5/h6-8,10,12,20,22-23H,9,11,13-19H2,1-5H3. The molecule has 2 aromatic heterocycles. The van der Waals surface area contributed by atoms with Crippen LogP contribution >= 0.6 is 11.6 Å². The molecule has 4 heterocycles. The number of anilines is 1. The Bertz CT molecular complexity index is 1870. The number of benzene rings is 1. The summed E-state index contributed by atoms with van der Waals surface area (Å²) >= 11 is 6.16. The summed E-state index contributed by atoms with van der Waals surface area (Å²) in [5.74, 6) is -3.18. The summed E-state index contributed by atoms with van der Waals surface area (Å²) in [7, 11) is 0. The summed E-state index contributed by atoms with van der Waals surface area (Å²) in [6.45, 7) is 11.1. The third-order valence-corrected chi connectivity index (χ3v) is 10.1. The summed E-state index contributed by atoms with van der Waals surface area (Å²) in [5.41, 5.74) is 1.03. The molecule has 7 rings (SSSR count). The highest BCUT2D eigenvalue weighted by Gasteiger charge is 2.55. The normalized spacial score (nSPS) is 19.3. The largest absolute Gasteiger partial charge is 0.490 e. The summed E-state index contributed by atoms with van der Waals surface area (Å²) < 4.78 is 60.2. The van der Waals surface area contributed by atoms with Gasteiger partial charge in [-0.05, 0) is 83.3 Å². The first kappa shape index (κ1) is 36.0. The third kappa shape index (κ3) is 7.28. The van der Waals surface area contributed by atoms with Gasteiger partial charge in [0.15, 0.2) is 5.82 Å². The van der Waals surface area contributed by atoms with Gasteiger partial charge in [-0.2, -0.15) is 4.98 Å². The van der Waals surface area contributed by atoms with Crippen LogP contribution < -0.4 is 14.4 Å². The Hall–Kier alpha value is -4.40. The Morgan fingerprint density at radius 2 is 1.79 bits per heavy atom. The van der Waals surface area contributed by atoms with Gasteiger partial charge < -0.3 is 28.9 Å². The Kier molecular flexibility index (Phi) is 9.15. The molecule has 0 N–H and O–H groups in total. The predicted octanol–water partition coefficient (Wildman–Crippen LogP) is 6.84. The van der Waals surface area contributed by atoms with Crippen LogP contribution in [0.2, 0.25) is 5.28 Å². The van der Waals surface area contributed by atoms with Gasteiger partial charge in [0.1, 0.15) is 29.0 Å². The van der Waals surface area contributed by atoms with E-state index in [1.54, 1.807) is 24.9 Å². The second-order valence-electron chi connectivity index (χ2n) is 15.6. The van der Waals surface area contributed by atoms with Crippen LogP contribution in [0.3, 0.4) is 0 Å². The van der Waals surface area contributed by atoms with E-state index < -0.39 is 48.2 Å². The van der Waals surface area contributed by atoms with Gasteiger partial charge in [0.05, 0.1) is 17.8 Å². The van der Waals surface area contributed by atoms with Gasteiger partial charge in [-0.25, -0.2) is 18.0 Å². The van der Waals surface area contributed by atoms with Crippen LogP contribution in [0, 0.1) is 11.2 Å². The maximum absolute atomic E-state index is 14.5. The van der Waals surface area contributed by atoms with Gasteiger partial charge in [0, 0.05) is 68.2 Å². The van der Waals surface area contributed by atoms with E-state index in [-0.39, 0.29) is 40.1 Å². The quantitative estimate of drug-likeness (QED) is 0.242. The number of halogens is 4. The monoisotopic (exact) mass is 743 g/mol. The van der Waals surface area contributed by atoms with Crippen molar-refractivity contribution in [3.8, 4) is 17.4 Å². The van der Waals surface area contributed by atoms with Crippen molar-refractivity contribution in [2.24, 2.45) is 5.41 Å². The van der Waals surface area contributed by atoms with Crippen molar-refractivity contribution in [3.05, 3.63) is 58.4 Å². The molecule has 12 nitrogen and oxygen atoms in total. The number of rotatable bonds is 8. The number of ether oxygens (including phenoxy) is 3. The number of aromatic nitrogens is 4. The van der Waals surface area contributed by atoms with Crippen LogP contribution in [-0.2, 0) is 17.7 Å². The molecule has 1 saturated heterocycles. The highest BCUT2D eigenvalue weighted by Crippen LogP contribution is 2.52. The number of hydrogen-bond donors (Lipinski definition) is 0. The molecular weight excluding hydrogens is 703 g/mol. The number of pyridine rings is 1. The van der Waals surface area contributed by atoms with Crippen LogP contribution in [-0.4, -0.2) is 91.3 Å². The van der Waals surface area contributed by atoms with Crippen molar-refractivity contribution >= 4 is 29.4 Å². The molecule has 1 spiro atoms. The van der Waals surface area contributed by atoms with Crippen molar-refractivity contribution in [2.75, 3.05) is 24.5 Å². The first-order chi connectivity index (χ1) is 24.5. The molecule has 52 heavy (non-hydrogen) atoms. The van der Waals surface area contributed by atoms with E-state index in [2.05, 4.69) is 20.2 Å². The Labute approximate surface area is 304 Å². The van der Waals surface area contributed by atoms with E-state index in [4.69, 9.17) is 25.8 Å². The minimum Gasteiger partial charge on any atom is -0.490 e. The van der Waals surface area contributed by atoms with Gasteiger partial charge in [-0.15, -0.1) is 10.2 Å². The van der Waals surface area contributed by atoms with Crippen molar-refractivity contribution < 1.29 is 37.0 Å². The number of alkyl halides is 2. The van der Waals surface area contributed by atoms with Gasteiger partial charge in [-0.3, -0.25) is 9.78 Å².